The molecule has 0 bridgehead atoms. The van der Waals surface area contributed by atoms with Crippen LogP contribution in [-0.2, 0) is 0 Å². The second-order valence-corrected chi connectivity index (χ2v) is 4.92. The maximum atomic E-state index is 11.8. The fourth-order valence-corrected chi connectivity index (χ4v) is 2.22. The van der Waals surface area contributed by atoms with Crippen LogP contribution in [0, 0.1) is 10.5 Å². The first-order chi connectivity index (χ1) is 8.06. The molecule has 0 aliphatic rings. The van der Waals surface area contributed by atoms with Crippen LogP contribution in [0.15, 0.2) is 18.2 Å². The zero-order valence-electron chi connectivity index (χ0n) is 8.79. The second-order valence-electron chi connectivity index (χ2n) is 3.32. The van der Waals surface area contributed by atoms with E-state index in [-0.39, 0.29) is 11.7 Å². The Bertz CT molecular complexity index is 569. The molecule has 2 rings (SSSR count). The van der Waals surface area contributed by atoms with E-state index in [1.807, 2.05) is 0 Å². The maximum Gasteiger partial charge on any atom is 0.295 e. The summed E-state index contributed by atoms with van der Waals surface area (Å²) in [4.78, 5) is 15.7. The fourth-order valence-electron chi connectivity index (χ4n) is 1.21. The van der Waals surface area contributed by atoms with Gasteiger partial charge in [0.25, 0.3) is 5.91 Å². The molecule has 1 amide bonds. The molecule has 0 aliphatic carbocycles. The van der Waals surface area contributed by atoms with E-state index in [4.69, 9.17) is 11.6 Å². The van der Waals surface area contributed by atoms with E-state index in [2.05, 4.69) is 43.1 Å². The standard InChI is InChI=1S/C10H8ClIN4O/c1-5-13-9(16-15-5)10(17)14-8-3-2-6(11)4-7(8)12/h2-4H,1H3,(H,14,17)(H,13,15,16). The zero-order chi connectivity index (χ0) is 12.4. The third kappa shape index (κ3) is 2.95. The van der Waals surface area contributed by atoms with Crippen molar-refractivity contribution in [2.45, 2.75) is 6.92 Å². The van der Waals surface area contributed by atoms with Crippen LogP contribution in [0.4, 0.5) is 5.69 Å². The number of nitrogens with zero attached hydrogens (tertiary/aromatic N) is 2. The molecule has 0 fully saturated rings. The van der Waals surface area contributed by atoms with Gasteiger partial charge in [-0.3, -0.25) is 9.89 Å². The normalized spacial score (nSPS) is 10.3. The monoisotopic (exact) mass is 362 g/mol. The Morgan fingerprint density at radius 3 is 2.88 bits per heavy atom. The number of halogens is 2. The molecule has 2 N–H and O–H groups in total. The molecule has 88 valence electrons. The largest absolute Gasteiger partial charge is 0.318 e. The van der Waals surface area contributed by atoms with Crippen molar-refractivity contribution in [3.8, 4) is 0 Å². The average Bonchev–Trinajstić information content (AvgIpc) is 2.69. The Kier molecular flexibility index (Phi) is 3.63. The highest BCUT2D eigenvalue weighted by atomic mass is 127. The SMILES string of the molecule is Cc1nc(C(=O)Nc2ccc(Cl)cc2I)n[nH]1. The minimum atomic E-state index is -0.352. The molecule has 5 nitrogen and oxygen atoms in total. The van der Waals surface area contributed by atoms with Crippen molar-refractivity contribution >= 4 is 45.8 Å². The van der Waals surface area contributed by atoms with Gasteiger partial charge in [0.15, 0.2) is 0 Å². The number of rotatable bonds is 2. The van der Waals surface area contributed by atoms with Gasteiger partial charge in [0.2, 0.25) is 5.82 Å². The summed E-state index contributed by atoms with van der Waals surface area (Å²) in [5.74, 6) is 0.365. The van der Waals surface area contributed by atoms with Crippen LogP contribution in [0.25, 0.3) is 0 Å². The Balaban J connectivity index is 2.18. The van der Waals surface area contributed by atoms with E-state index in [1.54, 1.807) is 25.1 Å². The van der Waals surface area contributed by atoms with Crippen LogP contribution < -0.4 is 5.32 Å². The molecule has 1 aromatic heterocycles. The number of anilines is 1. The molecule has 7 heteroatoms. The van der Waals surface area contributed by atoms with E-state index >= 15 is 0 Å². The number of aromatic amines is 1. The van der Waals surface area contributed by atoms with Crippen molar-refractivity contribution in [1.29, 1.82) is 0 Å². The molecule has 0 radical (unpaired) electrons. The molecule has 0 unspecified atom stereocenters. The summed E-state index contributed by atoms with van der Waals surface area (Å²) in [6.07, 6.45) is 0. The number of aryl methyl sites for hydroxylation is 1. The van der Waals surface area contributed by atoms with Crippen LogP contribution in [0.3, 0.4) is 0 Å². The Labute approximate surface area is 116 Å². The van der Waals surface area contributed by atoms with E-state index in [0.717, 1.165) is 3.57 Å². The lowest BCUT2D eigenvalue weighted by Crippen LogP contribution is -2.14. The predicted octanol–water partition coefficient (Wildman–Crippen LogP) is 2.62. The zero-order valence-corrected chi connectivity index (χ0v) is 11.7. The topological polar surface area (TPSA) is 70.7 Å². The molecule has 0 aliphatic heterocycles. The molecule has 1 heterocycles. The summed E-state index contributed by atoms with van der Waals surface area (Å²) in [5.41, 5.74) is 0.683. The predicted molar refractivity (Wildman–Crippen MR) is 73.2 cm³/mol. The molecule has 2 aromatic rings. The number of amides is 1. The van der Waals surface area contributed by atoms with Crippen molar-refractivity contribution in [2.75, 3.05) is 5.32 Å². The second kappa shape index (κ2) is 5.01. The molecule has 17 heavy (non-hydrogen) atoms. The lowest BCUT2D eigenvalue weighted by Gasteiger charge is -2.05. The van der Waals surface area contributed by atoms with Gasteiger partial charge in [-0.05, 0) is 47.7 Å². The van der Waals surface area contributed by atoms with E-state index in [9.17, 15) is 4.79 Å². The lowest BCUT2D eigenvalue weighted by atomic mass is 10.3. The van der Waals surface area contributed by atoms with E-state index < -0.39 is 0 Å². The van der Waals surface area contributed by atoms with Crippen LogP contribution >= 0.6 is 34.2 Å². The maximum absolute atomic E-state index is 11.8. The van der Waals surface area contributed by atoms with Crippen LogP contribution in [0.1, 0.15) is 16.4 Å². The first-order valence-corrected chi connectivity index (χ1v) is 6.17. The summed E-state index contributed by atoms with van der Waals surface area (Å²) in [5, 5.41) is 9.74. The van der Waals surface area contributed by atoms with Crippen molar-refractivity contribution in [3.63, 3.8) is 0 Å². The van der Waals surface area contributed by atoms with E-state index in [1.165, 1.54) is 0 Å². The van der Waals surface area contributed by atoms with Crippen molar-refractivity contribution in [2.24, 2.45) is 0 Å². The first kappa shape index (κ1) is 12.3. The van der Waals surface area contributed by atoms with Gasteiger partial charge in [-0.2, -0.15) is 0 Å². The Hall–Kier alpha value is -1.15. The van der Waals surface area contributed by atoms with Gasteiger partial charge in [0, 0.05) is 8.59 Å². The minimum Gasteiger partial charge on any atom is -0.318 e. The number of H-pyrrole nitrogens is 1. The van der Waals surface area contributed by atoms with Gasteiger partial charge in [-0.15, -0.1) is 5.10 Å². The summed E-state index contributed by atoms with van der Waals surface area (Å²) in [6.45, 7) is 1.73. The number of benzene rings is 1. The number of aromatic nitrogens is 3. The van der Waals surface area contributed by atoms with Gasteiger partial charge in [0.1, 0.15) is 5.82 Å². The Morgan fingerprint density at radius 2 is 2.29 bits per heavy atom. The highest BCUT2D eigenvalue weighted by Gasteiger charge is 2.12. The number of nitrogens with one attached hydrogen (secondary N) is 2. The average molecular weight is 363 g/mol. The fraction of sp³-hybridized carbons (Fsp3) is 0.100. The number of hydrogen-bond acceptors (Lipinski definition) is 3. The van der Waals surface area contributed by atoms with Gasteiger partial charge < -0.3 is 5.32 Å². The number of carbonyl (C=O) groups is 1. The minimum absolute atomic E-state index is 0.119. The van der Waals surface area contributed by atoms with Gasteiger partial charge in [-0.25, -0.2) is 4.98 Å². The number of carbonyl (C=O) groups excluding carboxylic acids is 1. The van der Waals surface area contributed by atoms with Crippen molar-refractivity contribution < 1.29 is 4.79 Å². The molecule has 0 atom stereocenters. The van der Waals surface area contributed by atoms with E-state index in [0.29, 0.717) is 16.5 Å². The van der Waals surface area contributed by atoms with Crippen molar-refractivity contribution in [3.05, 3.63) is 38.4 Å². The first-order valence-electron chi connectivity index (χ1n) is 4.71. The van der Waals surface area contributed by atoms with Gasteiger partial charge in [0.05, 0.1) is 5.69 Å². The quantitative estimate of drug-likeness (QED) is 0.807. The molecule has 0 saturated heterocycles. The summed E-state index contributed by atoms with van der Waals surface area (Å²) in [6, 6.07) is 5.21. The molecule has 1 aromatic carbocycles. The highest BCUT2D eigenvalue weighted by Crippen LogP contribution is 2.22. The van der Waals surface area contributed by atoms with Crippen LogP contribution in [0.5, 0.6) is 0 Å². The smallest absolute Gasteiger partial charge is 0.295 e. The molecule has 0 spiro atoms. The molecular formula is C10H8ClIN4O. The molecular weight excluding hydrogens is 354 g/mol. The number of hydrogen-bond donors (Lipinski definition) is 2. The summed E-state index contributed by atoms with van der Waals surface area (Å²) >= 11 is 7.92. The summed E-state index contributed by atoms with van der Waals surface area (Å²) < 4.78 is 0.857. The third-order valence-electron chi connectivity index (χ3n) is 1.98. The van der Waals surface area contributed by atoms with Gasteiger partial charge >= 0.3 is 0 Å². The highest BCUT2D eigenvalue weighted by molar-refractivity contribution is 14.1. The van der Waals surface area contributed by atoms with Gasteiger partial charge in [-0.1, -0.05) is 11.6 Å². The lowest BCUT2D eigenvalue weighted by molar-refractivity contribution is 0.101. The van der Waals surface area contributed by atoms with Crippen LogP contribution in [0.2, 0.25) is 5.02 Å². The van der Waals surface area contributed by atoms with Crippen LogP contribution in [-0.4, -0.2) is 21.1 Å². The summed E-state index contributed by atoms with van der Waals surface area (Å²) in [7, 11) is 0. The van der Waals surface area contributed by atoms with Crippen molar-refractivity contribution in [1.82, 2.24) is 15.2 Å². The third-order valence-corrected chi connectivity index (χ3v) is 3.11. The Morgan fingerprint density at radius 1 is 1.53 bits per heavy atom. The molecule has 0 saturated carbocycles.